The number of nitrogens with zero attached hydrogens (tertiary/aromatic N) is 3. The number of hydrogen-bond donors (Lipinski definition) is 2. The van der Waals surface area contributed by atoms with Gasteiger partial charge in [-0.1, -0.05) is 36.7 Å². The van der Waals surface area contributed by atoms with Crippen LogP contribution < -0.4 is 5.32 Å². The minimum atomic E-state index is -1.56. The first-order valence-corrected chi connectivity index (χ1v) is 11.5. The van der Waals surface area contributed by atoms with Gasteiger partial charge in [0.1, 0.15) is 5.54 Å². The standard InChI is InChI=1S/C22H21Cl2FN4O4.CH4/c23-12-3-4-14-15(9-12)27-21(31)22(14)17(13-5-7-26-20(24)18(13)25)19(29(32)33)16(6-8-30)28(22)10-11-1-2-11;/h3-5,7,9,11,16-17,19,30H,1-2,6,8,10H2,(H,27,31);1H4/t16-,17-,19+,22+;/m0./s1. The Bertz CT molecular complexity index is 1150. The van der Waals surface area contributed by atoms with Crippen molar-refractivity contribution in [3.63, 3.8) is 0 Å². The second-order valence-electron chi connectivity index (χ2n) is 8.84. The monoisotopic (exact) mass is 510 g/mol. The molecule has 0 bridgehead atoms. The number of aliphatic hydroxyl groups is 1. The highest BCUT2D eigenvalue weighted by atomic mass is 35.5. The third-order valence-electron chi connectivity index (χ3n) is 7.06. The van der Waals surface area contributed by atoms with Crippen LogP contribution in [0.4, 0.5) is 10.1 Å². The number of amides is 1. The van der Waals surface area contributed by atoms with E-state index in [-0.39, 0.29) is 31.9 Å². The first kappa shape index (κ1) is 24.8. The van der Waals surface area contributed by atoms with Crippen LogP contribution in [-0.2, 0) is 10.3 Å². The van der Waals surface area contributed by atoms with Crippen molar-refractivity contribution in [3.8, 4) is 0 Å². The van der Waals surface area contributed by atoms with Gasteiger partial charge in [0.05, 0.1) is 12.0 Å². The quantitative estimate of drug-likeness (QED) is 0.342. The van der Waals surface area contributed by atoms with Crippen molar-refractivity contribution < 1.29 is 19.2 Å². The highest BCUT2D eigenvalue weighted by molar-refractivity contribution is 6.31. The molecule has 1 aliphatic carbocycles. The second-order valence-corrected chi connectivity index (χ2v) is 9.64. The summed E-state index contributed by atoms with van der Waals surface area (Å²) in [6.45, 7) is 0.106. The van der Waals surface area contributed by atoms with Gasteiger partial charge in [0.15, 0.2) is 11.0 Å². The van der Waals surface area contributed by atoms with Crippen LogP contribution in [0.2, 0.25) is 10.2 Å². The fraction of sp³-hybridized carbons (Fsp3) is 0.478. The van der Waals surface area contributed by atoms with Crippen LogP contribution in [0, 0.1) is 21.8 Å². The molecule has 1 aromatic carbocycles. The van der Waals surface area contributed by atoms with E-state index in [1.165, 1.54) is 12.3 Å². The van der Waals surface area contributed by atoms with E-state index in [9.17, 15) is 20.0 Å². The SMILES string of the molecule is C.O=C1Nc2cc(Cl)ccc2[C@@]12[C@@H](c1ccnc(Cl)c1F)[C@H]([N+](=O)[O-])[C@H](CCO)N2CC1CC1. The number of pyridine rings is 1. The highest BCUT2D eigenvalue weighted by Crippen LogP contribution is 2.59. The number of nitro groups is 1. The summed E-state index contributed by atoms with van der Waals surface area (Å²) in [4.78, 5) is 31.4. The molecule has 182 valence electrons. The van der Waals surface area contributed by atoms with Crippen molar-refractivity contribution in [1.82, 2.24) is 9.88 Å². The van der Waals surface area contributed by atoms with Crippen LogP contribution in [0.5, 0.6) is 0 Å². The molecule has 2 fully saturated rings. The molecule has 4 atom stereocenters. The fourth-order valence-corrected chi connectivity index (χ4v) is 5.98. The summed E-state index contributed by atoms with van der Waals surface area (Å²) in [6, 6.07) is 4.06. The molecule has 3 heterocycles. The smallest absolute Gasteiger partial charge is 0.250 e. The van der Waals surface area contributed by atoms with Crippen LogP contribution in [0.3, 0.4) is 0 Å². The van der Waals surface area contributed by atoms with E-state index in [4.69, 9.17) is 23.2 Å². The highest BCUT2D eigenvalue weighted by Gasteiger charge is 2.71. The summed E-state index contributed by atoms with van der Waals surface area (Å²) in [5.41, 5.74) is -0.672. The van der Waals surface area contributed by atoms with Crippen molar-refractivity contribution in [2.45, 2.75) is 50.2 Å². The molecule has 1 aromatic heterocycles. The number of hydrogen-bond acceptors (Lipinski definition) is 6. The molecule has 3 aliphatic rings. The number of benzene rings is 1. The summed E-state index contributed by atoms with van der Waals surface area (Å²) in [6.07, 6.45) is 3.23. The zero-order valence-electron chi connectivity index (χ0n) is 17.4. The third kappa shape index (κ3) is 3.57. The van der Waals surface area contributed by atoms with E-state index in [0.29, 0.717) is 22.8 Å². The number of aromatic nitrogens is 1. The number of fused-ring (bicyclic) bond motifs is 2. The van der Waals surface area contributed by atoms with E-state index >= 15 is 4.39 Å². The predicted molar refractivity (Wildman–Crippen MR) is 126 cm³/mol. The molecule has 2 aliphatic heterocycles. The molecule has 1 amide bonds. The summed E-state index contributed by atoms with van der Waals surface area (Å²) < 4.78 is 15.4. The van der Waals surface area contributed by atoms with Crippen LogP contribution in [0.1, 0.15) is 43.7 Å². The molecule has 8 nitrogen and oxygen atoms in total. The average Bonchev–Trinajstić information content (AvgIpc) is 3.48. The summed E-state index contributed by atoms with van der Waals surface area (Å²) in [5.74, 6) is -2.30. The molecule has 0 radical (unpaired) electrons. The minimum Gasteiger partial charge on any atom is -0.396 e. The zero-order chi connectivity index (χ0) is 23.5. The molecule has 2 N–H and O–H groups in total. The molecule has 1 saturated heterocycles. The molecule has 1 spiro atoms. The molecule has 5 rings (SSSR count). The maximum atomic E-state index is 15.4. The lowest BCUT2D eigenvalue weighted by atomic mass is 9.73. The minimum absolute atomic E-state index is 0. The molecule has 0 unspecified atom stereocenters. The van der Waals surface area contributed by atoms with E-state index in [1.54, 1.807) is 18.2 Å². The number of nitrogens with one attached hydrogen (secondary N) is 1. The maximum absolute atomic E-state index is 15.4. The van der Waals surface area contributed by atoms with Crippen LogP contribution in [0.15, 0.2) is 30.5 Å². The van der Waals surface area contributed by atoms with Gasteiger partial charge >= 0.3 is 0 Å². The Kier molecular flexibility index (Phi) is 6.58. The zero-order valence-corrected chi connectivity index (χ0v) is 18.9. The molecule has 2 aromatic rings. The van der Waals surface area contributed by atoms with E-state index in [0.717, 1.165) is 12.8 Å². The van der Waals surface area contributed by atoms with Gasteiger partial charge in [0.25, 0.3) is 5.91 Å². The van der Waals surface area contributed by atoms with Gasteiger partial charge < -0.3 is 10.4 Å². The van der Waals surface area contributed by atoms with Crippen molar-refractivity contribution in [1.29, 1.82) is 0 Å². The first-order chi connectivity index (χ1) is 15.8. The summed E-state index contributed by atoms with van der Waals surface area (Å²) in [7, 11) is 0. The Morgan fingerprint density at radius 3 is 2.71 bits per heavy atom. The Morgan fingerprint density at radius 1 is 1.32 bits per heavy atom. The Balaban J connectivity index is 0.00000274. The summed E-state index contributed by atoms with van der Waals surface area (Å²) >= 11 is 12.1. The van der Waals surface area contributed by atoms with Gasteiger partial charge in [0.2, 0.25) is 6.04 Å². The van der Waals surface area contributed by atoms with E-state index in [2.05, 4.69) is 10.3 Å². The van der Waals surface area contributed by atoms with Crippen molar-refractivity contribution in [2.75, 3.05) is 18.5 Å². The number of rotatable bonds is 6. The topological polar surface area (TPSA) is 109 Å². The predicted octanol–water partition coefficient (Wildman–Crippen LogP) is 4.22. The van der Waals surface area contributed by atoms with Gasteiger partial charge in [-0.2, -0.15) is 0 Å². The first-order valence-electron chi connectivity index (χ1n) is 10.7. The van der Waals surface area contributed by atoms with Crippen molar-refractivity contribution >= 4 is 34.8 Å². The van der Waals surface area contributed by atoms with Crippen LogP contribution in [-0.4, -0.2) is 51.1 Å². The van der Waals surface area contributed by atoms with Crippen LogP contribution in [0.25, 0.3) is 0 Å². The third-order valence-corrected chi connectivity index (χ3v) is 7.56. The lowest BCUT2D eigenvalue weighted by Crippen LogP contribution is -2.52. The van der Waals surface area contributed by atoms with Crippen molar-refractivity contribution in [3.05, 3.63) is 67.7 Å². The number of carbonyl (C=O) groups excluding carboxylic acids is 1. The Hall–Kier alpha value is -2.33. The Morgan fingerprint density at radius 2 is 2.06 bits per heavy atom. The average molecular weight is 511 g/mol. The van der Waals surface area contributed by atoms with Crippen molar-refractivity contribution in [2.24, 2.45) is 5.92 Å². The maximum Gasteiger partial charge on any atom is 0.250 e. The van der Waals surface area contributed by atoms with Gasteiger partial charge in [-0.25, -0.2) is 9.37 Å². The molecular formula is C23H25Cl2FN4O4. The molecule has 1 saturated carbocycles. The van der Waals surface area contributed by atoms with Gasteiger partial charge in [0, 0.05) is 46.1 Å². The van der Waals surface area contributed by atoms with Gasteiger partial charge in [-0.05, 0) is 43.4 Å². The van der Waals surface area contributed by atoms with E-state index < -0.39 is 45.3 Å². The molecule has 34 heavy (non-hydrogen) atoms. The second kappa shape index (κ2) is 9.03. The number of likely N-dealkylation sites (tertiary alicyclic amines) is 1. The number of anilines is 1. The molecular weight excluding hydrogens is 486 g/mol. The largest absolute Gasteiger partial charge is 0.396 e. The lowest BCUT2D eigenvalue weighted by Gasteiger charge is -2.38. The van der Waals surface area contributed by atoms with E-state index in [1.807, 2.05) is 4.90 Å². The lowest BCUT2D eigenvalue weighted by molar-refractivity contribution is -0.528. The molecule has 11 heteroatoms. The number of aliphatic hydroxyl groups excluding tert-OH is 1. The number of halogens is 3. The van der Waals surface area contributed by atoms with Crippen LogP contribution >= 0.6 is 23.2 Å². The fourth-order valence-electron chi connectivity index (χ4n) is 5.64. The van der Waals surface area contributed by atoms with Gasteiger partial charge in [-0.15, -0.1) is 0 Å². The summed E-state index contributed by atoms with van der Waals surface area (Å²) in [5, 5.41) is 25.1. The Labute approximate surface area is 206 Å². The number of carbonyl (C=O) groups is 1. The normalized spacial score (nSPS) is 28.0. The van der Waals surface area contributed by atoms with Gasteiger partial charge in [-0.3, -0.25) is 19.8 Å².